The van der Waals surface area contributed by atoms with E-state index in [0.29, 0.717) is 25.0 Å². The lowest BCUT2D eigenvalue weighted by molar-refractivity contribution is 0.166. The van der Waals surface area contributed by atoms with Crippen LogP contribution in [0.3, 0.4) is 0 Å². The summed E-state index contributed by atoms with van der Waals surface area (Å²) in [5.41, 5.74) is 8.25. The number of hydrogen-bond acceptors (Lipinski definition) is 3. The minimum Gasteiger partial charge on any atom is -0.493 e. The lowest BCUT2D eigenvalue weighted by Gasteiger charge is -2.25. The molecular weight excluding hydrogens is 302 g/mol. The molecule has 1 aromatic rings. The van der Waals surface area contributed by atoms with E-state index < -0.39 is 0 Å². The van der Waals surface area contributed by atoms with Gasteiger partial charge in [0.05, 0.1) is 19.8 Å². The average molecular weight is 331 g/mol. The molecule has 2 aliphatic rings. The lowest BCUT2D eigenvalue weighted by Crippen LogP contribution is -2.37. The van der Waals surface area contributed by atoms with E-state index in [1.54, 1.807) is 0 Å². The summed E-state index contributed by atoms with van der Waals surface area (Å²) in [4.78, 5) is 4.47. The number of nitrogens with one attached hydrogen (secondary N) is 1. The smallest absolute Gasteiger partial charge is 0.188 e. The van der Waals surface area contributed by atoms with Gasteiger partial charge in [-0.2, -0.15) is 0 Å². The van der Waals surface area contributed by atoms with Gasteiger partial charge in [-0.05, 0) is 43.7 Å². The van der Waals surface area contributed by atoms with Gasteiger partial charge in [0.25, 0.3) is 0 Å². The monoisotopic (exact) mass is 331 g/mol. The molecule has 1 heterocycles. The second kappa shape index (κ2) is 8.38. The predicted octanol–water partition coefficient (Wildman–Crippen LogP) is 2.61. The van der Waals surface area contributed by atoms with E-state index in [-0.39, 0.29) is 0 Å². The van der Waals surface area contributed by atoms with E-state index in [1.165, 1.54) is 24.8 Å². The number of aliphatic imine (C=N–C) groups is 1. The van der Waals surface area contributed by atoms with Gasteiger partial charge in [0.2, 0.25) is 0 Å². The van der Waals surface area contributed by atoms with E-state index in [1.807, 2.05) is 0 Å². The zero-order valence-electron chi connectivity index (χ0n) is 14.6. The fraction of sp³-hybridized carbons (Fsp3) is 0.632. The number of guanidine groups is 1. The van der Waals surface area contributed by atoms with Crippen LogP contribution in [0, 0.1) is 18.8 Å². The summed E-state index contributed by atoms with van der Waals surface area (Å²) in [6.07, 6.45) is 5.04. The molecule has 1 saturated carbocycles. The van der Waals surface area contributed by atoms with Crippen LogP contribution in [0.4, 0.5) is 0 Å². The second-order valence-corrected chi connectivity index (χ2v) is 7.03. The van der Waals surface area contributed by atoms with Crippen molar-refractivity contribution in [2.24, 2.45) is 22.6 Å². The van der Waals surface area contributed by atoms with E-state index >= 15 is 0 Å². The van der Waals surface area contributed by atoms with Crippen LogP contribution >= 0.6 is 0 Å². The molecule has 0 aromatic heterocycles. The van der Waals surface area contributed by atoms with Crippen molar-refractivity contribution in [1.82, 2.24) is 5.32 Å². The fourth-order valence-electron chi connectivity index (χ4n) is 3.02. The normalized spacial score (nSPS) is 21.5. The molecular formula is C19H29N3O2. The topological polar surface area (TPSA) is 68.9 Å². The van der Waals surface area contributed by atoms with Crippen LogP contribution in [0.5, 0.6) is 5.75 Å². The van der Waals surface area contributed by atoms with Gasteiger partial charge < -0.3 is 20.5 Å². The molecule has 0 amide bonds. The largest absolute Gasteiger partial charge is 0.493 e. The number of ether oxygens (including phenoxy) is 2. The van der Waals surface area contributed by atoms with Crippen molar-refractivity contribution >= 4 is 5.96 Å². The Morgan fingerprint density at radius 1 is 1.33 bits per heavy atom. The fourth-order valence-corrected chi connectivity index (χ4v) is 3.02. The maximum Gasteiger partial charge on any atom is 0.188 e. The first kappa shape index (κ1) is 17.1. The van der Waals surface area contributed by atoms with Crippen molar-refractivity contribution in [3.05, 3.63) is 29.3 Å². The minimum atomic E-state index is 0.496. The molecule has 3 rings (SSSR count). The van der Waals surface area contributed by atoms with E-state index in [9.17, 15) is 0 Å². The summed E-state index contributed by atoms with van der Waals surface area (Å²) in [6, 6.07) is 6.26. The number of nitrogens with zero attached hydrogens (tertiary/aromatic N) is 1. The second-order valence-electron chi connectivity index (χ2n) is 7.03. The highest BCUT2D eigenvalue weighted by Crippen LogP contribution is 2.25. The Hall–Kier alpha value is -1.75. The van der Waals surface area contributed by atoms with Crippen LogP contribution in [0.1, 0.15) is 36.8 Å². The van der Waals surface area contributed by atoms with Gasteiger partial charge in [0.1, 0.15) is 5.75 Å². The molecule has 1 unspecified atom stereocenters. The third-order valence-electron chi connectivity index (χ3n) is 4.94. The van der Waals surface area contributed by atoms with Gasteiger partial charge in [0, 0.05) is 24.6 Å². The predicted molar refractivity (Wildman–Crippen MR) is 96.3 cm³/mol. The summed E-state index contributed by atoms with van der Waals surface area (Å²) in [6.45, 7) is 5.91. The molecule has 1 aromatic carbocycles. The molecule has 5 nitrogen and oxygen atoms in total. The summed E-state index contributed by atoms with van der Waals surface area (Å²) >= 11 is 0. The van der Waals surface area contributed by atoms with Crippen molar-refractivity contribution in [1.29, 1.82) is 0 Å². The number of benzene rings is 1. The highest BCUT2D eigenvalue weighted by atomic mass is 16.5. The Balaban J connectivity index is 1.54. The SMILES string of the molecule is Cc1ccc(CN=C(N)NCC2CCC2)c(OCC2CCOC2)c1. The molecule has 24 heavy (non-hydrogen) atoms. The first-order chi connectivity index (χ1) is 11.7. The number of aryl methyl sites for hydroxylation is 1. The minimum absolute atomic E-state index is 0.496. The highest BCUT2D eigenvalue weighted by molar-refractivity contribution is 5.77. The summed E-state index contributed by atoms with van der Waals surface area (Å²) < 4.78 is 11.5. The Bertz CT molecular complexity index is 564. The Morgan fingerprint density at radius 2 is 2.21 bits per heavy atom. The number of nitrogens with two attached hydrogens (primary N) is 1. The van der Waals surface area contributed by atoms with Crippen molar-refractivity contribution in [3.8, 4) is 5.75 Å². The molecule has 1 aliphatic carbocycles. The van der Waals surface area contributed by atoms with Crippen LogP contribution in [0.2, 0.25) is 0 Å². The van der Waals surface area contributed by atoms with Crippen molar-refractivity contribution in [3.63, 3.8) is 0 Å². The Kier molecular flexibility index (Phi) is 5.96. The van der Waals surface area contributed by atoms with Gasteiger partial charge in [-0.3, -0.25) is 0 Å². The van der Waals surface area contributed by atoms with Crippen molar-refractivity contribution in [2.75, 3.05) is 26.4 Å². The van der Waals surface area contributed by atoms with E-state index in [2.05, 4.69) is 35.4 Å². The van der Waals surface area contributed by atoms with Crippen LogP contribution in [-0.4, -0.2) is 32.3 Å². The molecule has 5 heteroatoms. The zero-order valence-corrected chi connectivity index (χ0v) is 14.6. The van der Waals surface area contributed by atoms with Crippen LogP contribution in [0.25, 0.3) is 0 Å². The third kappa shape index (κ3) is 4.87. The third-order valence-corrected chi connectivity index (χ3v) is 4.94. The van der Waals surface area contributed by atoms with Crippen molar-refractivity contribution < 1.29 is 9.47 Å². The molecule has 132 valence electrons. The maximum atomic E-state index is 6.05. The Morgan fingerprint density at radius 3 is 2.92 bits per heavy atom. The molecule has 3 N–H and O–H groups in total. The molecule has 1 saturated heterocycles. The molecule has 2 fully saturated rings. The van der Waals surface area contributed by atoms with Gasteiger partial charge in [-0.1, -0.05) is 18.6 Å². The van der Waals surface area contributed by atoms with Crippen LogP contribution < -0.4 is 15.8 Å². The van der Waals surface area contributed by atoms with E-state index in [4.69, 9.17) is 15.2 Å². The molecule has 0 bridgehead atoms. The zero-order chi connectivity index (χ0) is 16.8. The van der Waals surface area contributed by atoms with Crippen molar-refractivity contribution in [2.45, 2.75) is 39.2 Å². The van der Waals surface area contributed by atoms with Crippen LogP contribution in [-0.2, 0) is 11.3 Å². The quantitative estimate of drug-likeness (QED) is 0.595. The molecule has 0 spiro atoms. The molecule has 1 aliphatic heterocycles. The number of rotatable bonds is 7. The lowest BCUT2D eigenvalue weighted by atomic mass is 9.85. The number of hydrogen-bond donors (Lipinski definition) is 2. The highest BCUT2D eigenvalue weighted by Gasteiger charge is 2.18. The molecule has 1 atom stereocenters. The summed E-state index contributed by atoms with van der Waals surface area (Å²) in [7, 11) is 0. The first-order valence-electron chi connectivity index (χ1n) is 9.04. The summed E-state index contributed by atoms with van der Waals surface area (Å²) in [5.74, 6) is 2.71. The van der Waals surface area contributed by atoms with Gasteiger partial charge in [-0.25, -0.2) is 4.99 Å². The average Bonchev–Trinajstić information content (AvgIpc) is 3.04. The molecule has 0 radical (unpaired) electrons. The van der Waals surface area contributed by atoms with Gasteiger partial charge in [-0.15, -0.1) is 0 Å². The maximum absolute atomic E-state index is 6.05. The summed E-state index contributed by atoms with van der Waals surface area (Å²) in [5, 5.41) is 3.23. The van der Waals surface area contributed by atoms with E-state index in [0.717, 1.165) is 43.4 Å². The van der Waals surface area contributed by atoms with Crippen LogP contribution in [0.15, 0.2) is 23.2 Å². The van der Waals surface area contributed by atoms with Gasteiger partial charge >= 0.3 is 0 Å². The first-order valence-corrected chi connectivity index (χ1v) is 9.04. The standard InChI is InChI=1S/C19H29N3O2/c1-14-5-6-17(11-22-19(20)21-10-15-3-2-4-15)18(9-14)24-13-16-7-8-23-12-16/h5-6,9,15-16H,2-4,7-8,10-13H2,1H3,(H3,20,21,22). The van der Waals surface area contributed by atoms with Gasteiger partial charge in [0.15, 0.2) is 5.96 Å². The Labute approximate surface area is 144 Å².